The minimum atomic E-state index is 0.108. The SMILES string of the molecule is C=CCC1(C)CC(C2CC(C)(CC=C)NC(C)(CC=C)C2)CC(C)(CC=C)N1. The second kappa shape index (κ2) is 8.71. The van der Waals surface area contributed by atoms with Gasteiger partial charge in [-0.3, -0.25) is 0 Å². The predicted molar refractivity (Wildman–Crippen MR) is 125 cm³/mol. The van der Waals surface area contributed by atoms with Crippen LogP contribution in [0.2, 0.25) is 0 Å². The van der Waals surface area contributed by atoms with Gasteiger partial charge in [0.1, 0.15) is 0 Å². The largest absolute Gasteiger partial charge is 0.306 e. The van der Waals surface area contributed by atoms with E-state index in [0.29, 0.717) is 11.8 Å². The highest BCUT2D eigenvalue weighted by atomic mass is 15.1. The second-order valence-corrected chi connectivity index (χ2v) is 10.8. The van der Waals surface area contributed by atoms with Crippen molar-refractivity contribution in [2.75, 3.05) is 0 Å². The van der Waals surface area contributed by atoms with Crippen molar-refractivity contribution in [3.05, 3.63) is 50.6 Å². The van der Waals surface area contributed by atoms with E-state index in [9.17, 15) is 0 Å². The van der Waals surface area contributed by atoms with Gasteiger partial charge in [-0.2, -0.15) is 0 Å². The first-order valence-corrected chi connectivity index (χ1v) is 11.1. The minimum absolute atomic E-state index is 0.108. The molecule has 2 N–H and O–H groups in total. The molecule has 4 unspecified atom stereocenters. The van der Waals surface area contributed by atoms with Gasteiger partial charge < -0.3 is 10.6 Å². The zero-order valence-electron chi connectivity index (χ0n) is 18.9. The zero-order chi connectivity index (χ0) is 21.1. The molecule has 2 aliphatic rings. The summed E-state index contributed by atoms with van der Waals surface area (Å²) in [4.78, 5) is 0. The monoisotopic (exact) mass is 384 g/mol. The first-order chi connectivity index (χ1) is 13.0. The Balaban J connectivity index is 2.34. The maximum Gasteiger partial charge on any atom is 0.0195 e. The van der Waals surface area contributed by atoms with E-state index in [2.05, 4.69) is 88.9 Å². The van der Waals surface area contributed by atoms with E-state index in [1.807, 2.05) is 0 Å². The maximum absolute atomic E-state index is 4.03. The average molecular weight is 385 g/mol. The van der Waals surface area contributed by atoms with E-state index in [0.717, 1.165) is 25.7 Å². The van der Waals surface area contributed by atoms with Crippen LogP contribution in [0, 0.1) is 11.8 Å². The molecule has 0 aromatic heterocycles. The molecule has 2 aliphatic heterocycles. The summed E-state index contributed by atoms with van der Waals surface area (Å²) in [5.74, 6) is 1.40. The van der Waals surface area contributed by atoms with Crippen LogP contribution in [-0.4, -0.2) is 22.2 Å². The van der Waals surface area contributed by atoms with Crippen molar-refractivity contribution < 1.29 is 0 Å². The molecule has 4 atom stereocenters. The molecule has 0 aliphatic carbocycles. The van der Waals surface area contributed by atoms with Crippen LogP contribution in [0.25, 0.3) is 0 Å². The van der Waals surface area contributed by atoms with Gasteiger partial charge in [0.15, 0.2) is 0 Å². The van der Waals surface area contributed by atoms with Gasteiger partial charge in [0, 0.05) is 22.2 Å². The number of nitrogens with one attached hydrogen (secondary N) is 2. The molecular formula is C26H44N2. The molecule has 2 heteroatoms. The highest BCUT2D eigenvalue weighted by molar-refractivity contribution is 5.11. The van der Waals surface area contributed by atoms with Gasteiger partial charge in [-0.25, -0.2) is 0 Å². The van der Waals surface area contributed by atoms with Crippen molar-refractivity contribution in [2.45, 2.75) is 101 Å². The molecule has 0 aromatic carbocycles. The van der Waals surface area contributed by atoms with Gasteiger partial charge in [-0.05, 0) is 90.9 Å². The molecule has 0 amide bonds. The summed E-state index contributed by atoms with van der Waals surface area (Å²) in [6, 6.07) is 0. The van der Waals surface area contributed by atoms with Crippen LogP contribution in [0.4, 0.5) is 0 Å². The number of rotatable bonds is 9. The minimum Gasteiger partial charge on any atom is -0.306 e. The summed E-state index contributed by atoms with van der Waals surface area (Å²) >= 11 is 0. The topological polar surface area (TPSA) is 24.1 Å². The molecule has 0 aromatic rings. The van der Waals surface area contributed by atoms with Gasteiger partial charge in [0.05, 0.1) is 0 Å². The maximum atomic E-state index is 4.03. The van der Waals surface area contributed by atoms with Crippen molar-refractivity contribution in [1.82, 2.24) is 10.6 Å². The van der Waals surface area contributed by atoms with Crippen LogP contribution in [0.3, 0.4) is 0 Å². The van der Waals surface area contributed by atoms with Crippen LogP contribution in [0.5, 0.6) is 0 Å². The van der Waals surface area contributed by atoms with E-state index in [1.165, 1.54) is 25.7 Å². The van der Waals surface area contributed by atoms with E-state index in [-0.39, 0.29) is 22.2 Å². The van der Waals surface area contributed by atoms with Crippen LogP contribution in [0.1, 0.15) is 79.1 Å². The number of piperidine rings is 2. The Bertz CT molecular complexity index is 495. The summed E-state index contributed by atoms with van der Waals surface area (Å²) < 4.78 is 0. The molecule has 2 heterocycles. The van der Waals surface area contributed by atoms with Crippen molar-refractivity contribution in [1.29, 1.82) is 0 Å². The van der Waals surface area contributed by atoms with Crippen LogP contribution >= 0.6 is 0 Å². The molecule has 158 valence electrons. The lowest BCUT2D eigenvalue weighted by Crippen LogP contribution is -2.64. The molecule has 2 saturated heterocycles. The third kappa shape index (κ3) is 5.48. The van der Waals surface area contributed by atoms with E-state index < -0.39 is 0 Å². The lowest BCUT2D eigenvalue weighted by Gasteiger charge is -2.56. The smallest absolute Gasteiger partial charge is 0.0195 e. The lowest BCUT2D eigenvalue weighted by molar-refractivity contribution is 0.0172. The zero-order valence-corrected chi connectivity index (χ0v) is 18.9. The van der Waals surface area contributed by atoms with Gasteiger partial charge in [-0.15, -0.1) is 26.3 Å². The fourth-order valence-electron chi connectivity index (χ4n) is 6.60. The van der Waals surface area contributed by atoms with Crippen molar-refractivity contribution >= 4 is 0 Å². The normalized spacial score (nSPS) is 43.9. The molecule has 28 heavy (non-hydrogen) atoms. The Kier molecular flexibility index (Phi) is 7.21. The van der Waals surface area contributed by atoms with Gasteiger partial charge >= 0.3 is 0 Å². The van der Waals surface area contributed by atoms with Crippen LogP contribution < -0.4 is 10.6 Å². The third-order valence-corrected chi connectivity index (χ3v) is 7.10. The van der Waals surface area contributed by atoms with E-state index in [1.54, 1.807) is 0 Å². The molecule has 2 rings (SSSR count). The Morgan fingerprint density at radius 2 is 0.786 bits per heavy atom. The molecule has 0 spiro atoms. The number of hydrogen-bond acceptors (Lipinski definition) is 2. The second-order valence-electron chi connectivity index (χ2n) is 10.8. The predicted octanol–water partition coefficient (Wildman–Crippen LogP) is 6.32. The highest BCUT2D eigenvalue weighted by Crippen LogP contribution is 2.48. The summed E-state index contributed by atoms with van der Waals surface area (Å²) in [5.41, 5.74) is 0.432. The van der Waals surface area contributed by atoms with Gasteiger partial charge in [0.25, 0.3) is 0 Å². The van der Waals surface area contributed by atoms with Crippen LogP contribution in [-0.2, 0) is 0 Å². The fraction of sp³-hybridized carbons (Fsp3) is 0.692. The van der Waals surface area contributed by atoms with Crippen LogP contribution in [0.15, 0.2) is 50.6 Å². The highest BCUT2D eigenvalue weighted by Gasteiger charge is 2.49. The third-order valence-electron chi connectivity index (χ3n) is 7.10. The quantitative estimate of drug-likeness (QED) is 0.454. The average Bonchev–Trinajstić information content (AvgIpc) is 2.52. The Hall–Kier alpha value is -1.12. The molecular weight excluding hydrogens is 340 g/mol. The Morgan fingerprint density at radius 1 is 0.571 bits per heavy atom. The van der Waals surface area contributed by atoms with Gasteiger partial charge in [0.2, 0.25) is 0 Å². The first-order valence-electron chi connectivity index (χ1n) is 11.1. The molecule has 2 nitrogen and oxygen atoms in total. The van der Waals surface area contributed by atoms with Crippen molar-refractivity contribution in [3.8, 4) is 0 Å². The van der Waals surface area contributed by atoms with E-state index in [4.69, 9.17) is 0 Å². The Morgan fingerprint density at radius 3 is 0.964 bits per heavy atom. The van der Waals surface area contributed by atoms with E-state index >= 15 is 0 Å². The van der Waals surface area contributed by atoms with Gasteiger partial charge in [-0.1, -0.05) is 24.3 Å². The summed E-state index contributed by atoms with van der Waals surface area (Å²) in [6.45, 7) is 25.7. The molecule has 0 radical (unpaired) electrons. The Labute approximate surface area is 174 Å². The lowest BCUT2D eigenvalue weighted by atomic mass is 9.61. The summed E-state index contributed by atoms with van der Waals surface area (Å²) in [6.07, 6.45) is 17.2. The van der Waals surface area contributed by atoms with Crippen molar-refractivity contribution in [3.63, 3.8) is 0 Å². The van der Waals surface area contributed by atoms with Crippen molar-refractivity contribution in [2.24, 2.45) is 11.8 Å². The molecule has 0 saturated carbocycles. The standard InChI is InChI=1S/C26H44N2/c1-9-13-23(5)17-21(18-24(6,27-23)14-10-2)22-19-25(7,15-11-3)28-26(8,20-22)16-12-4/h9-12,21-22,27-28H,1-4,13-20H2,5-8H3. The molecule has 0 bridgehead atoms. The molecule has 2 fully saturated rings. The first kappa shape index (κ1) is 23.2. The fourth-order valence-corrected chi connectivity index (χ4v) is 6.60. The summed E-state index contributed by atoms with van der Waals surface area (Å²) in [7, 11) is 0. The number of hydrogen-bond donors (Lipinski definition) is 2. The summed E-state index contributed by atoms with van der Waals surface area (Å²) in [5, 5.41) is 7.96.